The molecule has 0 aliphatic heterocycles. The fourth-order valence-corrected chi connectivity index (χ4v) is 5.87. The van der Waals surface area contributed by atoms with E-state index in [4.69, 9.17) is 5.73 Å². The zero-order valence-corrected chi connectivity index (χ0v) is 19.7. The maximum atomic E-state index is 13.3. The number of rotatable bonds is 7. The van der Waals surface area contributed by atoms with Crippen LogP contribution in [-0.2, 0) is 16.8 Å². The van der Waals surface area contributed by atoms with Crippen molar-refractivity contribution in [3.05, 3.63) is 126 Å². The van der Waals surface area contributed by atoms with Gasteiger partial charge in [0.25, 0.3) is 0 Å². The summed E-state index contributed by atoms with van der Waals surface area (Å²) in [5.41, 5.74) is 9.93. The van der Waals surface area contributed by atoms with Gasteiger partial charge in [-0.2, -0.15) is 0 Å². The van der Waals surface area contributed by atoms with Crippen molar-refractivity contribution < 1.29 is 9.36 Å². The normalized spacial score (nSPS) is 18.1. The minimum atomic E-state index is -0.834. The first-order valence-corrected chi connectivity index (χ1v) is 12.1. The lowest BCUT2D eigenvalue weighted by atomic mass is 9.64. The molecule has 4 heteroatoms. The van der Waals surface area contributed by atoms with Gasteiger partial charge in [0.15, 0.2) is 0 Å². The van der Waals surface area contributed by atoms with Crippen molar-refractivity contribution in [1.82, 2.24) is 4.57 Å². The van der Waals surface area contributed by atoms with Crippen LogP contribution in [0.25, 0.3) is 0 Å². The van der Waals surface area contributed by atoms with Crippen LogP contribution < -0.4 is 10.3 Å². The van der Waals surface area contributed by atoms with Gasteiger partial charge >= 0.3 is 0 Å². The van der Waals surface area contributed by atoms with E-state index in [-0.39, 0.29) is 11.8 Å². The molecule has 172 valence electrons. The monoisotopic (exact) mass is 450 g/mol. The van der Waals surface area contributed by atoms with Gasteiger partial charge in [0.05, 0.1) is 0 Å². The van der Waals surface area contributed by atoms with Crippen LogP contribution in [0, 0.1) is 12.8 Å². The fraction of sp³-hybridized carbons (Fsp3) is 0.267. The van der Waals surface area contributed by atoms with Crippen LogP contribution in [0.3, 0.4) is 0 Å². The van der Waals surface area contributed by atoms with Crippen molar-refractivity contribution in [2.24, 2.45) is 11.7 Å². The summed E-state index contributed by atoms with van der Waals surface area (Å²) >= 11 is 0. The van der Waals surface area contributed by atoms with Crippen molar-refractivity contribution in [3.63, 3.8) is 0 Å². The van der Waals surface area contributed by atoms with E-state index < -0.39 is 5.41 Å². The number of imidazole rings is 1. The first kappa shape index (κ1) is 22.1. The van der Waals surface area contributed by atoms with Crippen molar-refractivity contribution in [2.75, 3.05) is 0 Å². The van der Waals surface area contributed by atoms with Gasteiger partial charge in [-0.1, -0.05) is 91.0 Å². The smallest absolute Gasteiger partial charge is 0.244 e. The van der Waals surface area contributed by atoms with Crippen molar-refractivity contribution in [1.29, 1.82) is 0 Å². The maximum absolute atomic E-state index is 13.3. The minimum absolute atomic E-state index is 0.130. The van der Waals surface area contributed by atoms with Crippen molar-refractivity contribution >= 4 is 5.91 Å². The summed E-state index contributed by atoms with van der Waals surface area (Å²) in [4.78, 5) is 13.3. The molecule has 1 aliphatic carbocycles. The first-order chi connectivity index (χ1) is 16.6. The first-order valence-electron chi connectivity index (χ1n) is 12.1. The minimum Gasteiger partial charge on any atom is -0.369 e. The highest BCUT2D eigenvalue weighted by Crippen LogP contribution is 2.48. The van der Waals surface area contributed by atoms with E-state index in [1.807, 2.05) is 36.4 Å². The average Bonchev–Trinajstić information content (AvgIpc) is 3.49. The third-order valence-electron chi connectivity index (χ3n) is 7.54. The fourth-order valence-electron chi connectivity index (χ4n) is 5.87. The summed E-state index contributed by atoms with van der Waals surface area (Å²) < 4.78 is 4.65. The van der Waals surface area contributed by atoms with Gasteiger partial charge in [-0.05, 0) is 41.9 Å². The van der Waals surface area contributed by atoms with Gasteiger partial charge < -0.3 is 5.73 Å². The highest BCUT2D eigenvalue weighted by atomic mass is 16.1. The van der Waals surface area contributed by atoms with Gasteiger partial charge in [-0.15, -0.1) is 0 Å². The second-order valence-electron chi connectivity index (χ2n) is 9.51. The molecule has 0 bridgehead atoms. The van der Waals surface area contributed by atoms with Gasteiger partial charge in [-0.3, -0.25) is 4.79 Å². The standard InChI is InChI=1S/C30H31N3O/c1-23-20-33(22-32(23)21-24-11-5-2-6-12-24)28-18-17-27(19-28)30(29(31)34,25-13-7-3-8-14-25)26-15-9-4-10-16-26/h2-16,20,22,27-28H,17-19,21H2,1H3,(H-,31,34)/p+1/t27-,28-/m1/s1. The summed E-state index contributed by atoms with van der Waals surface area (Å²) in [6.07, 6.45) is 7.36. The van der Waals surface area contributed by atoms with Gasteiger partial charge in [0.2, 0.25) is 12.2 Å². The van der Waals surface area contributed by atoms with E-state index in [0.717, 1.165) is 36.9 Å². The van der Waals surface area contributed by atoms with E-state index in [9.17, 15) is 4.79 Å². The Morgan fingerprint density at radius 3 is 2.03 bits per heavy atom. The Morgan fingerprint density at radius 1 is 0.912 bits per heavy atom. The number of hydrogen-bond acceptors (Lipinski definition) is 1. The van der Waals surface area contributed by atoms with E-state index in [1.54, 1.807) is 0 Å². The lowest BCUT2D eigenvalue weighted by molar-refractivity contribution is -0.721. The van der Waals surface area contributed by atoms with Gasteiger partial charge in [-0.25, -0.2) is 9.13 Å². The maximum Gasteiger partial charge on any atom is 0.244 e. The molecule has 1 saturated carbocycles. The molecule has 2 atom stereocenters. The van der Waals surface area contributed by atoms with Crippen molar-refractivity contribution in [2.45, 2.75) is 44.2 Å². The van der Waals surface area contributed by atoms with Crippen molar-refractivity contribution in [3.8, 4) is 0 Å². The number of benzene rings is 3. The number of amides is 1. The summed E-state index contributed by atoms with van der Waals surface area (Å²) in [6.45, 7) is 3.02. The Morgan fingerprint density at radius 2 is 1.47 bits per heavy atom. The van der Waals surface area contributed by atoms with Crippen LogP contribution in [0.5, 0.6) is 0 Å². The Balaban J connectivity index is 1.47. The third kappa shape index (κ3) is 3.94. The molecule has 1 heterocycles. The number of hydrogen-bond donors (Lipinski definition) is 1. The summed E-state index contributed by atoms with van der Waals surface area (Å²) in [5.74, 6) is -0.136. The number of primary amides is 1. The van der Waals surface area contributed by atoms with Crippen LogP contribution in [0.15, 0.2) is 104 Å². The number of carbonyl (C=O) groups excluding carboxylic acids is 1. The van der Waals surface area contributed by atoms with Crippen LogP contribution in [0.4, 0.5) is 0 Å². The molecule has 2 N–H and O–H groups in total. The SMILES string of the molecule is Cc1c[n+]([C@@H]2CC[C@@H](C(C(N)=O)(c3ccccc3)c3ccccc3)C2)cn1Cc1ccccc1. The third-order valence-corrected chi connectivity index (χ3v) is 7.54. The number of nitrogens with zero attached hydrogens (tertiary/aromatic N) is 2. The zero-order valence-electron chi connectivity index (χ0n) is 19.7. The lowest BCUT2D eigenvalue weighted by Crippen LogP contribution is -2.48. The molecule has 0 radical (unpaired) electrons. The number of aromatic nitrogens is 2. The van der Waals surface area contributed by atoms with Crippen LogP contribution in [0.2, 0.25) is 0 Å². The molecule has 0 unspecified atom stereocenters. The molecule has 34 heavy (non-hydrogen) atoms. The number of carbonyl (C=O) groups is 1. The molecule has 1 amide bonds. The van der Waals surface area contributed by atoms with Gasteiger partial charge in [0.1, 0.15) is 29.9 Å². The largest absolute Gasteiger partial charge is 0.369 e. The van der Waals surface area contributed by atoms with E-state index in [2.05, 4.69) is 83.2 Å². The lowest BCUT2D eigenvalue weighted by Gasteiger charge is -2.37. The Bertz CT molecular complexity index is 1210. The average molecular weight is 451 g/mol. The van der Waals surface area contributed by atoms with E-state index in [0.29, 0.717) is 6.04 Å². The molecule has 1 fully saturated rings. The molecule has 4 nitrogen and oxygen atoms in total. The Labute approximate surface area is 201 Å². The quantitative estimate of drug-likeness (QED) is 0.398. The summed E-state index contributed by atoms with van der Waals surface area (Å²) in [7, 11) is 0. The molecule has 0 saturated heterocycles. The second kappa shape index (κ2) is 9.30. The molecule has 4 aromatic rings. The molecule has 1 aliphatic rings. The van der Waals surface area contributed by atoms with Crippen LogP contribution in [0.1, 0.15) is 47.7 Å². The second-order valence-corrected chi connectivity index (χ2v) is 9.51. The Kier molecular flexibility index (Phi) is 6.06. The van der Waals surface area contributed by atoms with Crippen LogP contribution in [-0.4, -0.2) is 10.5 Å². The molecule has 0 spiro atoms. The predicted octanol–water partition coefficient (Wildman–Crippen LogP) is 4.95. The van der Waals surface area contributed by atoms with Gasteiger partial charge in [0, 0.05) is 6.92 Å². The highest BCUT2D eigenvalue weighted by molar-refractivity contribution is 5.91. The van der Waals surface area contributed by atoms with E-state index >= 15 is 0 Å². The molecule has 5 rings (SSSR count). The topological polar surface area (TPSA) is 51.9 Å². The molecular formula is C30H32N3O+. The highest BCUT2D eigenvalue weighted by Gasteiger charge is 2.50. The number of aryl methyl sites for hydroxylation is 1. The molecular weight excluding hydrogens is 418 g/mol. The molecule has 3 aromatic carbocycles. The zero-order chi connectivity index (χ0) is 23.5. The summed E-state index contributed by atoms with van der Waals surface area (Å²) in [5, 5.41) is 0. The number of nitrogens with two attached hydrogens (primary N) is 1. The van der Waals surface area contributed by atoms with E-state index in [1.165, 1.54) is 11.3 Å². The molecule has 1 aromatic heterocycles. The Hall–Kier alpha value is -3.66. The predicted molar refractivity (Wildman–Crippen MR) is 134 cm³/mol. The summed E-state index contributed by atoms with van der Waals surface area (Å²) in [6, 6.07) is 31.1. The van der Waals surface area contributed by atoms with Crippen LogP contribution >= 0.6 is 0 Å².